The van der Waals surface area contributed by atoms with Crippen LogP contribution >= 0.6 is 0 Å². The highest BCUT2D eigenvalue weighted by atomic mass is 28.2. The van der Waals surface area contributed by atoms with Gasteiger partial charge in [-0.15, -0.1) is 0 Å². The Morgan fingerprint density at radius 2 is 1.24 bits per heavy atom. The summed E-state index contributed by atoms with van der Waals surface area (Å²) in [6.45, 7) is 0. The van der Waals surface area contributed by atoms with Crippen molar-refractivity contribution >= 4 is 41.4 Å². The number of benzene rings is 4. The van der Waals surface area contributed by atoms with E-state index in [0.717, 1.165) is 0 Å². The van der Waals surface area contributed by atoms with Crippen LogP contribution < -0.4 is 10.4 Å². The van der Waals surface area contributed by atoms with Gasteiger partial charge in [0, 0.05) is 0 Å². The molecule has 0 unspecified atom stereocenters. The van der Waals surface area contributed by atoms with E-state index in [4.69, 9.17) is 0 Å². The molecule has 0 spiro atoms. The number of hydrogen-bond acceptors (Lipinski definition) is 0. The Morgan fingerprint density at radius 1 is 0.476 bits per heavy atom. The third kappa shape index (κ3) is 2.26. The molecule has 21 heavy (non-hydrogen) atoms. The molecule has 1 heteroatoms. The highest BCUT2D eigenvalue weighted by Crippen LogP contribution is 2.23. The Balaban J connectivity index is 1.92. The van der Waals surface area contributed by atoms with Crippen molar-refractivity contribution in [2.24, 2.45) is 0 Å². The molecular formula is C20H16Si. The highest BCUT2D eigenvalue weighted by molar-refractivity contribution is 6.70. The van der Waals surface area contributed by atoms with Crippen LogP contribution in [0.4, 0.5) is 0 Å². The molecule has 0 saturated carbocycles. The summed E-state index contributed by atoms with van der Waals surface area (Å²) in [5, 5.41) is 8.52. The number of rotatable bonds is 2. The van der Waals surface area contributed by atoms with Gasteiger partial charge in [0.1, 0.15) is 0 Å². The quantitative estimate of drug-likeness (QED) is 0.392. The zero-order valence-electron chi connectivity index (χ0n) is 11.8. The molecule has 0 aromatic heterocycles. The molecule has 0 amide bonds. The lowest BCUT2D eigenvalue weighted by molar-refractivity contribution is 1.76. The molecule has 4 rings (SSSR count). The van der Waals surface area contributed by atoms with Gasteiger partial charge in [-0.05, 0) is 21.5 Å². The van der Waals surface area contributed by atoms with Crippen LogP contribution in [-0.4, -0.2) is 9.52 Å². The molecule has 0 radical (unpaired) electrons. The standard InChI is InChI=1S/C20H16Si/c1-2-8-16(9-3-1)21-20-12-6-11-18-17-10-5-4-7-15(17)13-14-19(18)20/h1-14H,21H2. The van der Waals surface area contributed by atoms with Crippen LogP contribution in [0, 0.1) is 0 Å². The van der Waals surface area contributed by atoms with Crippen molar-refractivity contribution in [3.63, 3.8) is 0 Å². The number of hydrogen-bond donors (Lipinski definition) is 0. The molecule has 0 atom stereocenters. The van der Waals surface area contributed by atoms with Gasteiger partial charge >= 0.3 is 0 Å². The lowest BCUT2D eigenvalue weighted by atomic mass is 10.0. The topological polar surface area (TPSA) is 0 Å². The van der Waals surface area contributed by atoms with Crippen molar-refractivity contribution in [3.8, 4) is 0 Å². The summed E-state index contributed by atoms with van der Waals surface area (Å²) in [7, 11) is -0.422. The summed E-state index contributed by atoms with van der Waals surface area (Å²) in [6.07, 6.45) is 0. The van der Waals surface area contributed by atoms with Gasteiger partial charge in [0.2, 0.25) is 0 Å². The summed E-state index contributed by atoms with van der Waals surface area (Å²) in [4.78, 5) is 0. The third-order valence-corrected chi connectivity index (χ3v) is 5.99. The highest BCUT2D eigenvalue weighted by Gasteiger charge is 2.05. The van der Waals surface area contributed by atoms with Gasteiger partial charge in [0.05, 0.1) is 9.52 Å². The minimum Gasteiger partial charge on any atom is -0.0633 e. The van der Waals surface area contributed by atoms with Crippen molar-refractivity contribution in [1.82, 2.24) is 0 Å². The molecule has 0 saturated heterocycles. The second-order valence-electron chi connectivity index (χ2n) is 5.46. The van der Waals surface area contributed by atoms with Crippen LogP contribution in [0.1, 0.15) is 0 Å². The van der Waals surface area contributed by atoms with E-state index >= 15 is 0 Å². The van der Waals surface area contributed by atoms with E-state index in [1.165, 1.54) is 31.9 Å². The molecule has 0 fully saturated rings. The first-order valence-corrected chi connectivity index (χ1v) is 8.76. The lowest BCUT2D eigenvalue weighted by Gasteiger charge is -2.09. The van der Waals surface area contributed by atoms with Crippen LogP contribution in [0.3, 0.4) is 0 Å². The van der Waals surface area contributed by atoms with Crippen LogP contribution in [0.2, 0.25) is 0 Å². The van der Waals surface area contributed by atoms with Crippen LogP contribution in [0.25, 0.3) is 21.5 Å². The van der Waals surface area contributed by atoms with Gasteiger partial charge < -0.3 is 0 Å². The van der Waals surface area contributed by atoms with Crippen LogP contribution in [-0.2, 0) is 0 Å². The zero-order valence-corrected chi connectivity index (χ0v) is 13.2. The molecule has 0 bridgehead atoms. The summed E-state index contributed by atoms with van der Waals surface area (Å²) in [6, 6.07) is 30.8. The Bertz CT molecular complexity index is 910. The summed E-state index contributed by atoms with van der Waals surface area (Å²) in [5.74, 6) is 0. The monoisotopic (exact) mass is 284 g/mol. The van der Waals surface area contributed by atoms with E-state index < -0.39 is 9.52 Å². The van der Waals surface area contributed by atoms with Crippen LogP contribution in [0.15, 0.2) is 84.9 Å². The fraction of sp³-hybridized carbons (Fsp3) is 0. The van der Waals surface area contributed by atoms with Crippen LogP contribution in [0.5, 0.6) is 0 Å². The average Bonchev–Trinajstić information content (AvgIpc) is 2.56. The molecule has 4 aromatic rings. The molecule has 0 aliphatic heterocycles. The smallest absolute Gasteiger partial charge is 0.0633 e. The minimum absolute atomic E-state index is 0.422. The number of fused-ring (bicyclic) bond motifs is 3. The van der Waals surface area contributed by atoms with Crippen molar-refractivity contribution in [3.05, 3.63) is 84.9 Å². The zero-order chi connectivity index (χ0) is 14.1. The van der Waals surface area contributed by atoms with E-state index in [9.17, 15) is 0 Å². The molecular weight excluding hydrogens is 268 g/mol. The van der Waals surface area contributed by atoms with Crippen molar-refractivity contribution in [2.75, 3.05) is 0 Å². The maximum Gasteiger partial charge on any atom is 0.0883 e. The van der Waals surface area contributed by atoms with E-state index in [1.807, 2.05) is 0 Å². The first kappa shape index (κ1) is 12.4. The second kappa shape index (κ2) is 5.19. The largest absolute Gasteiger partial charge is 0.0883 e. The Hall–Kier alpha value is -2.38. The predicted molar refractivity (Wildman–Crippen MR) is 95.7 cm³/mol. The van der Waals surface area contributed by atoms with E-state index in [1.54, 1.807) is 0 Å². The average molecular weight is 284 g/mol. The predicted octanol–water partition coefficient (Wildman–Crippen LogP) is 3.11. The summed E-state index contributed by atoms with van der Waals surface area (Å²) in [5.41, 5.74) is 0. The Labute approximate surface area is 126 Å². The van der Waals surface area contributed by atoms with Gasteiger partial charge in [-0.3, -0.25) is 0 Å². The van der Waals surface area contributed by atoms with E-state index in [2.05, 4.69) is 84.9 Å². The Kier molecular flexibility index (Phi) is 3.06. The van der Waals surface area contributed by atoms with E-state index in [0.29, 0.717) is 0 Å². The maximum atomic E-state index is 2.30. The molecule has 0 nitrogen and oxygen atoms in total. The van der Waals surface area contributed by atoms with Gasteiger partial charge in [0.15, 0.2) is 0 Å². The molecule has 0 aliphatic rings. The van der Waals surface area contributed by atoms with Gasteiger partial charge in [-0.2, -0.15) is 0 Å². The first-order chi connectivity index (χ1) is 10.4. The SMILES string of the molecule is c1ccc([SiH2]c2cccc3c2ccc2ccccc23)cc1. The molecule has 4 aromatic carbocycles. The molecule has 0 N–H and O–H groups in total. The van der Waals surface area contributed by atoms with Crippen molar-refractivity contribution in [1.29, 1.82) is 0 Å². The molecule has 100 valence electrons. The normalized spacial score (nSPS) is 11.6. The van der Waals surface area contributed by atoms with Crippen molar-refractivity contribution in [2.45, 2.75) is 0 Å². The fourth-order valence-corrected chi connectivity index (χ4v) is 4.78. The molecule has 0 aliphatic carbocycles. The fourth-order valence-electron chi connectivity index (χ4n) is 3.08. The van der Waals surface area contributed by atoms with Gasteiger partial charge in [-0.25, -0.2) is 0 Å². The second-order valence-corrected chi connectivity index (χ2v) is 7.39. The van der Waals surface area contributed by atoms with E-state index in [-0.39, 0.29) is 0 Å². The first-order valence-electron chi connectivity index (χ1n) is 7.35. The maximum absolute atomic E-state index is 2.30. The van der Waals surface area contributed by atoms with Gasteiger partial charge in [0.25, 0.3) is 0 Å². The third-order valence-electron chi connectivity index (χ3n) is 4.11. The minimum atomic E-state index is -0.422. The van der Waals surface area contributed by atoms with Crippen molar-refractivity contribution < 1.29 is 0 Å². The Morgan fingerprint density at radius 3 is 2.14 bits per heavy atom. The summed E-state index contributed by atoms with van der Waals surface area (Å²) < 4.78 is 0. The molecule has 0 heterocycles. The summed E-state index contributed by atoms with van der Waals surface area (Å²) >= 11 is 0. The lowest BCUT2D eigenvalue weighted by Crippen LogP contribution is -2.27. The van der Waals surface area contributed by atoms with Gasteiger partial charge in [-0.1, -0.05) is 95.3 Å².